The summed E-state index contributed by atoms with van der Waals surface area (Å²) >= 11 is 0. The lowest BCUT2D eigenvalue weighted by Gasteiger charge is -2.14. The van der Waals surface area contributed by atoms with Gasteiger partial charge in [0.2, 0.25) is 13.1 Å². The fourth-order valence-corrected chi connectivity index (χ4v) is 5.78. The minimum Gasteiger partial charge on any atom is -0.487 e. The molecule has 0 radical (unpaired) electrons. The Morgan fingerprint density at radius 1 is 0.408 bits per heavy atom. The Bertz CT molecular complexity index is 2210. The van der Waals surface area contributed by atoms with Crippen molar-refractivity contribution in [1.82, 2.24) is 9.97 Å². The summed E-state index contributed by atoms with van der Waals surface area (Å²) in [5, 5.41) is 17.6. The van der Waals surface area contributed by atoms with E-state index in [0.717, 1.165) is 27.2 Å². The zero-order valence-electron chi connectivity index (χ0n) is 41.5. The van der Waals surface area contributed by atoms with Gasteiger partial charge in [-0.3, -0.25) is 30.2 Å². The number of fused-ring (bicyclic) bond motifs is 2. The van der Waals surface area contributed by atoms with E-state index < -0.39 is 24.4 Å². The number of nitrogens with zero attached hydrogens (tertiary/aromatic N) is 6. The number of hydrogen-bond acceptors (Lipinski definition) is 14. The number of rotatable bonds is 5. The van der Waals surface area contributed by atoms with Gasteiger partial charge in [0.15, 0.2) is 61.9 Å². The van der Waals surface area contributed by atoms with E-state index in [9.17, 15) is 34.5 Å². The maximum absolute atomic E-state index is 9.75. The predicted octanol–water partition coefficient (Wildman–Crippen LogP) is 8.45. The number of para-hydroxylation sites is 4. The molecule has 0 bridgehead atoms. The molecule has 0 atom stereocenters. The van der Waals surface area contributed by atoms with Crippen LogP contribution in [0.1, 0.15) is 0 Å². The van der Waals surface area contributed by atoms with E-state index in [1.54, 1.807) is 0 Å². The number of pyridine rings is 4. The molecule has 6 aromatic rings. The standard InChI is InChI=1S/C24H32O8.C22H20N4.2CH3NO2.2BF4/c1-2-6-22-21(5-1)29-17-13-25-9-10-27-15-19-31-23-7-3-4-8-24(23)32-20-16-28-12-11-26-14-18-30-22;1-9-23-10-2-19(1)21-5-13-25(14-6-21)17-18-26-15-7-22(8-16-26)20-3-11-24-12-4-20;2*1-2(3)4;2*2-1(3,4)5/h1-8H,9-20H2;1-16H,17-18H2;2*1H3;;/q;+2;;;2*-1. The van der Waals surface area contributed by atoms with Crippen molar-refractivity contribution in [2.24, 2.45) is 0 Å². The van der Waals surface area contributed by atoms with Crippen molar-refractivity contribution in [3.05, 3.63) is 167 Å². The Balaban J connectivity index is 0.000000398. The maximum atomic E-state index is 9.75. The highest BCUT2D eigenvalue weighted by molar-refractivity contribution is 6.50. The van der Waals surface area contributed by atoms with Gasteiger partial charge in [-0.25, -0.2) is 0 Å². The van der Waals surface area contributed by atoms with Gasteiger partial charge in [0, 0.05) is 58.9 Å². The first-order valence-electron chi connectivity index (χ1n) is 23.0. The van der Waals surface area contributed by atoms with Gasteiger partial charge < -0.3 is 72.4 Å². The van der Waals surface area contributed by atoms with E-state index in [2.05, 4.69) is 68.2 Å². The van der Waals surface area contributed by atoms with Gasteiger partial charge in [-0.1, -0.05) is 24.3 Å². The summed E-state index contributed by atoms with van der Waals surface area (Å²) in [6.07, 6.45) is 15.8. The summed E-state index contributed by atoms with van der Waals surface area (Å²) in [7, 11) is -10.2. The third-order valence-electron chi connectivity index (χ3n) is 8.81. The fourth-order valence-electron chi connectivity index (χ4n) is 5.78. The van der Waals surface area contributed by atoms with Crippen LogP contribution in [0.25, 0.3) is 22.3 Å². The van der Waals surface area contributed by atoms with Crippen LogP contribution in [0.4, 0.5) is 34.5 Å². The molecule has 18 nitrogen and oxygen atoms in total. The van der Waals surface area contributed by atoms with Crippen molar-refractivity contribution in [1.29, 1.82) is 0 Å². The number of aryl methyl sites for hydroxylation is 2. The van der Waals surface area contributed by atoms with E-state index in [1.807, 2.05) is 97.6 Å². The first-order valence-corrected chi connectivity index (χ1v) is 23.0. The normalized spacial score (nSPS) is 13.6. The molecule has 1 aliphatic rings. The summed E-state index contributed by atoms with van der Waals surface area (Å²) in [5.41, 5.74) is 4.79. The van der Waals surface area contributed by atoms with Crippen molar-refractivity contribution < 1.29 is 91.4 Å². The average molecular weight is 1080 g/mol. The molecule has 0 unspecified atom stereocenters. The highest BCUT2D eigenvalue weighted by Crippen LogP contribution is 2.27. The highest BCUT2D eigenvalue weighted by atomic mass is 19.5. The van der Waals surface area contributed by atoms with Crippen LogP contribution in [0.5, 0.6) is 23.0 Å². The van der Waals surface area contributed by atoms with Crippen LogP contribution in [-0.2, 0) is 32.0 Å². The molecular formula is C48H58B2F8N6O12. The molecule has 2 aromatic carbocycles. The number of ether oxygens (including phenoxy) is 8. The molecule has 0 spiro atoms. The second-order valence-electron chi connectivity index (χ2n) is 14.7. The third-order valence-corrected chi connectivity index (χ3v) is 8.81. The van der Waals surface area contributed by atoms with Crippen molar-refractivity contribution in [2.45, 2.75) is 13.1 Å². The molecule has 0 aliphatic carbocycles. The van der Waals surface area contributed by atoms with E-state index >= 15 is 0 Å². The molecule has 0 saturated heterocycles. The Hall–Kier alpha value is -7.55. The third kappa shape index (κ3) is 35.6. The fraction of sp³-hybridized carbons (Fsp3) is 0.333. The quantitative estimate of drug-likeness (QED) is 0.0525. The first-order chi connectivity index (χ1) is 36.3. The SMILES string of the molecule is C[N+](=O)[O-].C[N+](=O)[O-].F[B-](F)(F)F.F[B-](F)(F)F.c1cc(-c2cc[n+](CC[n+]3ccc(-c4ccncc4)cc3)cc2)ccn1.c1ccc2c(c1)OCCOCCOCCOc1ccccc1OCCOCCOCCO2. The Morgan fingerprint density at radius 3 is 0.829 bits per heavy atom. The average Bonchev–Trinajstić information content (AvgIpc) is 3.37. The van der Waals surface area contributed by atoms with Crippen LogP contribution in [0, 0.1) is 20.2 Å². The minimum absolute atomic E-state index is 0.425. The van der Waals surface area contributed by atoms with Crippen molar-refractivity contribution in [3.8, 4) is 45.3 Å². The molecule has 5 heterocycles. The monoisotopic (exact) mass is 1080 g/mol. The van der Waals surface area contributed by atoms with Gasteiger partial charge in [-0.05, 0) is 70.8 Å². The molecule has 0 amide bonds. The van der Waals surface area contributed by atoms with Crippen LogP contribution < -0.4 is 28.1 Å². The van der Waals surface area contributed by atoms with Crippen LogP contribution in [0.3, 0.4) is 0 Å². The largest absolute Gasteiger partial charge is 0.673 e. The summed E-state index contributed by atoms with van der Waals surface area (Å²) in [6, 6.07) is 31.8. The maximum Gasteiger partial charge on any atom is 0.673 e. The van der Waals surface area contributed by atoms with E-state index in [1.165, 1.54) is 22.3 Å². The predicted molar refractivity (Wildman–Crippen MR) is 264 cm³/mol. The lowest BCUT2D eigenvalue weighted by Crippen LogP contribution is -2.43. The molecule has 0 fully saturated rings. The Kier molecular flexibility index (Phi) is 32.3. The van der Waals surface area contributed by atoms with Gasteiger partial charge in [0.25, 0.3) is 0 Å². The van der Waals surface area contributed by atoms with Crippen molar-refractivity contribution in [2.75, 3.05) is 93.4 Å². The molecule has 414 valence electrons. The van der Waals surface area contributed by atoms with E-state index in [-0.39, 0.29) is 0 Å². The summed E-state index contributed by atoms with van der Waals surface area (Å²) in [6.45, 7) is 7.33. The van der Waals surface area contributed by atoms with E-state index in [4.69, 9.17) is 58.1 Å². The lowest BCUT2D eigenvalue weighted by molar-refractivity contribution is -0.778. The van der Waals surface area contributed by atoms with Gasteiger partial charge in [-0.15, -0.1) is 0 Å². The molecule has 76 heavy (non-hydrogen) atoms. The first kappa shape index (κ1) is 64.6. The smallest absolute Gasteiger partial charge is 0.487 e. The topological polar surface area (TPSA) is 194 Å². The van der Waals surface area contributed by atoms with Crippen LogP contribution in [-0.4, -0.2) is 128 Å². The van der Waals surface area contributed by atoms with Crippen LogP contribution >= 0.6 is 0 Å². The summed E-state index contributed by atoms with van der Waals surface area (Å²) in [4.78, 5) is 24.7. The highest BCUT2D eigenvalue weighted by Gasteiger charge is 2.21. The summed E-state index contributed by atoms with van der Waals surface area (Å²) < 4.78 is 128. The molecule has 0 saturated carbocycles. The number of halogens is 8. The van der Waals surface area contributed by atoms with Gasteiger partial charge in [0.1, 0.15) is 26.4 Å². The van der Waals surface area contributed by atoms with Crippen LogP contribution in [0.2, 0.25) is 0 Å². The molecular weight excluding hydrogens is 1030 g/mol. The molecule has 4 aromatic heterocycles. The number of hydrogen-bond donors (Lipinski definition) is 0. The zero-order chi connectivity index (χ0) is 55.9. The van der Waals surface area contributed by atoms with Crippen LogP contribution in [0.15, 0.2) is 147 Å². The van der Waals surface area contributed by atoms with Gasteiger partial charge in [-0.2, -0.15) is 9.13 Å². The molecule has 7 rings (SSSR count). The molecule has 0 N–H and O–H groups in total. The number of benzene rings is 2. The molecule has 28 heteroatoms. The second kappa shape index (κ2) is 38.1. The lowest BCUT2D eigenvalue weighted by atomic mass is 10.1. The van der Waals surface area contributed by atoms with E-state index in [0.29, 0.717) is 102 Å². The Labute approximate surface area is 433 Å². The number of nitro groups is 2. The van der Waals surface area contributed by atoms with Crippen molar-refractivity contribution in [3.63, 3.8) is 0 Å². The summed E-state index contributed by atoms with van der Waals surface area (Å²) in [5.74, 6) is 2.73. The minimum atomic E-state index is -6.00. The Morgan fingerprint density at radius 2 is 0.605 bits per heavy atom. The van der Waals surface area contributed by atoms with Crippen molar-refractivity contribution >= 4 is 14.5 Å². The van der Waals surface area contributed by atoms with Gasteiger partial charge in [0.05, 0.1) is 52.9 Å². The van der Waals surface area contributed by atoms with Gasteiger partial charge >= 0.3 is 14.5 Å². The zero-order valence-corrected chi connectivity index (χ0v) is 41.5. The number of aromatic nitrogens is 4. The molecule has 1 aliphatic heterocycles. The second-order valence-corrected chi connectivity index (χ2v) is 14.7.